The van der Waals surface area contributed by atoms with E-state index in [4.69, 9.17) is 11.6 Å². The van der Waals surface area contributed by atoms with Crippen molar-refractivity contribution in [2.75, 3.05) is 19.6 Å². The molecule has 0 radical (unpaired) electrons. The molecule has 156 valence electrons. The molecule has 1 unspecified atom stereocenters. The molecule has 0 bridgehead atoms. The number of piperazine rings is 1. The Morgan fingerprint density at radius 2 is 1.37 bits per heavy atom. The number of hydrogen-bond acceptors (Lipinski definition) is 3. The molecule has 0 aliphatic carbocycles. The average Bonchev–Trinajstić information content (AvgIpc) is 2.77. The van der Waals surface area contributed by atoms with Crippen molar-refractivity contribution in [3.05, 3.63) is 102 Å². The quantitative estimate of drug-likeness (QED) is 0.428. The molecule has 1 heterocycles. The van der Waals surface area contributed by atoms with Gasteiger partial charge in [-0.1, -0.05) is 78.4 Å². The monoisotopic (exact) mass is 440 g/mol. The molecule has 3 aromatic rings. The standard InChI is InChI=1S/C24H25ClN2O2S/c1-19-12-14-22(15-13-19)30(28,29)26-16-17-27(23(25)18-26)24(20-8-4-2-5-9-20)21-10-6-3-7-11-21/h2-15,23-24H,16-18H2,1H3. The Bertz CT molecular complexity index is 1030. The van der Waals surface area contributed by atoms with Gasteiger partial charge in [0.15, 0.2) is 0 Å². The predicted molar refractivity (Wildman–Crippen MR) is 121 cm³/mol. The molecule has 4 rings (SSSR count). The molecule has 1 atom stereocenters. The molecule has 0 aromatic heterocycles. The minimum atomic E-state index is -3.57. The van der Waals surface area contributed by atoms with Gasteiger partial charge in [0.1, 0.15) is 0 Å². The van der Waals surface area contributed by atoms with Crippen LogP contribution in [-0.4, -0.2) is 42.8 Å². The molecule has 0 N–H and O–H groups in total. The summed E-state index contributed by atoms with van der Waals surface area (Å²) in [5.41, 5.74) is 2.88. The lowest BCUT2D eigenvalue weighted by molar-refractivity contribution is 0.132. The van der Waals surface area contributed by atoms with Crippen LogP contribution in [0.3, 0.4) is 0 Å². The van der Waals surface area contributed by atoms with E-state index in [1.165, 1.54) is 4.31 Å². The molecule has 30 heavy (non-hydrogen) atoms. The highest BCUT2D eigenvalue weighted by atomic mass is 35.5. The first kappa shape index (κ1) is 21.1. The van der Waals surface area contributed by atoms with Crippen molar-refractivity contribution in [2.45, 2.75) is 23.4 Å². The summed E-state index contributed by atoms with van der Waals surface area (Å²) in [6, 6.07) is 27.4. The SMILES string of the molecule is Cc1ccc(S(=O)(=O)N2CCN(C(c3ccccc3)c3ccccc3)C(Cl)C2)cc1. The molecule has 1 fully saturated rings. The van der Waals surface area contributed by atoms with Gasteiger partial charge in [-0.3, -0.25) is 4.90 Å². The van der Waals surface area contributed by atoms with Crippen LogP contribution in [0.2, 0.25) is 0 Å². The Hall–Kier alpha value is -2.18. The molecule has 0 saturated carbocycles. The van der Waals surface area contributed by atoms with Crippen LogP contribution in [0.4, 0.5) is 0 Å². The largest absolute Gasteiger partial charge is 0.274 e. The van der Waals surface area contributed by atoms with Crippen molar-refractivity contribution < 1.29 is 8.42 Å². The fourth-order valence-electron chi connectivity index (χ4n) is 3.95. The van der Waals surface area contributed by atoms with Gasteiger partial charge in [0.2, 0.25) is 10.0 Å². The molecular weight excluding hydrogens is 416 g/mol. The van der Waals surface area contributed by atoms with Gasteiger partial charge in [-0.2, -0.15) is 4.31 Å². The van der Waals surface area contributed by atoms with Crippen LogP contribution in [-0.2, 0) is 10.0 Å². The van der Waals surface area contributed by atoms with Crippen LogP contribution in [0.15, 0.2) is 89.8 Å². The first-order valence-corrected chi connectivity index (χ1v) is 11.9. The second kappa shape index (κ2) is 8.90. The summed E-state index contributed by atoms with van der Waals surface area (Å²) >= 11 is 6.81. The van der Waals surface area contributed by atoms with Gasteiger partial charge in [-0.05, 0) is 30.2 Å². The summed E-state index contributed by atoms with van der Waals surface area (Å²) < 4.78 is 27.7. The zero-order valence-corrected chi connectivity index (χ0v) is 18.4. The molecule has 3 aromatic carbocycles. The summed E-state index contributed by atoms with van der Waals surface area (Å²) in [6.45, 7) is 3.13. The van der Waals surface area contributed by atoms with Crippen molar-refractivity contribution in [3.8, 4) is 0 Å². The summed E-state index contributed by atoms with van der Waals surface area (Å²) in [5, 5.41) is 0. The van der Waals surface area contributed by atoms with Crippen molar-refractivity contribution in [1.82, 2.24) is 9.21 Å². The fraction of sp³-hybridized carbons (Fsp3) is 0.250. The molecule has 0 amide bonds. The summed E-state index contributed by atoms with van der Waals surface area (Å²) in [4.78, 5) is 2.50. The minimum Gasteiger partial charge on any atom is -0.274 e. The van der Waals surface area contributed by atoms with Gasteiger partial charge < -0.3 is 0 Å². The third kappa shape index (κ3) is 4.30. The Morgan fingerprint density at radius 3 is 1.87 bits per heavy atom. The van der Waals surface area contributed by atoms with E-state index < -0.39 is 15.5 Å². The maximum absolute atomic E-state index is 13.1. The van der Waals surface area contributed by atoms with Crippen molar-refractivity contribution in [3.63, 3.8) is 0 Å². The summed E-state index contributed by atoms with van der Waals surface area (Å²) in [5.74, 6) is 0. The van der Waals surface area contributed by atoms with E-state index in [9.17, 15) is 8.42 Å². The number of sulfonamides is 1. The van der Waals surface area contributed by atoms with E-state index in [-0.39, 0.29) is 12.6 Å². The second-order valence-corrected chi connectivity index (χ2v) is 10.0. The predicted octanol–water partition coefficient (Wildman–Crippen LogP) is 4.66. The lowest BCUT2D eigenvalue weighted by Gasteiger charge is -2.42. The van der Waals surface area contributed by atoms with Gasteiger partial charge in [0.25, 0.3) is 0 Å². The van der Waals surface area contributed by atoms with E-state index >= 15 is 0 Å². The molecule has 4 nitrogen and oxygen atoms in total. The van der Waals surface area contributed by atoms with Crippen LogP contribution >= 0.6 is 11.6 Å². The lowest BCUT2D eigenvalue weighted by atomic mass is 9.96. The Kier molecular flexibility index (Phi) is 6.25. The maximum atomic E-state index is 13.1. The normalized spacial score (nSPS) is 18.6. The van der Waals surface area contributed by atoms with Gasteiger partial charge >= 0.3 is 0 Å². The highest BCUT2D eigenvalue weighted by Gasteiger charge is 2.37. The van der Waals surface area contributed by atoms with Crippen LogP contribution in [0.25, 0.3) is 0 Å². The van der Waals surface area contributed by atoms with Crippen LogP contribution in [0.5, 0.6) is 0 Å². The molecule has 1 aliphatic rings. The molecule has 1 saturated heterocycles. The zero-order valence-electron chi connectivity index (χ0n) is 16.9. The van der Waals surface area contributed by atoms with E-state index in [1.807, 2.05) is 55.5 Å². The van der Waals surface area contributed by atoms with Gasteiger partial charge in [0.05, 0.1) is 16.4 Å². The van der Waals surface area contributed by atoms with Crippen molar-refractivity contribution >= 4 is 21.6 Å². The second-order valence-electron chi connectivity index (χ2n) is 7.57. The van der Waals surface area contributed by atoms with Crippen LogP contribution in [0, 0.1) is 6.92 Å². The molecular formula is C24H25ClN2O2S. The molecule has 6 heteroatoms. The Balaban J connectivity index is 1.60. The third-order valence-corrected chi connectivity index (χ3v) is 7.81. The Morgan fingerprint density at radius 1 is 0.833 bits per heavy atom. The smallest absolute Gasteiger partial charge is 0.243 e. The zero-order chi connectivity index (χ0) is 21.1. The van der Waals surface area contributed by atoms with Gasteiger partial charge in [-0.25, -0.2) is 8.42 Å². The summed E-state index contributed by atoms with van der Waals surface area (Å²) in [6.07, 6.45) is 0. The average molecular weight is 441 g/mol. The van der Waals surface area contributed by atoms with E-state index in [2.05, 4.69) is 29.2 Å². The van der Waals surface area contributed by atoms with Crippen molar-refractivity contribution in [1.29, 1.82) is 0 Å². The lowest BCUT2D eigenvalue weighted by Crippen LogP contribution is -2.53. The fourth-order valence-corrected chi connectivity index (χ4v) is 5.84. The first-order chi connectivity index (χ1) is 14.5. The minimum absolute atomic E-state index is 0.0286. The van der Waals surface area contributed by atoms with E-state index in [1.54, 1.807) is 12.1 Å². The third-order valence-electron chi connectivity index (χ3n) is 5.54. The number of halogens is 1. The molecule has 1 aliphatic heterocycles. The van der Waals surface area contributed by atoms with E-state index in [0.29, 0.717) is 18.0 Å². The number of benzene rings is 3. The van der Waals surface area contributed by atoms with Gasteiger partial charge in [0, 0.05) is 19.6 Å². The number of alkyl halides is 1. The first-order valence-electron chi connectivity index (χ1n) is 10.0. The Labute approximate surface area is 183 Å². The topological polar surface area (TPSA) is 40.6 Å². The maximum Gasteiger partial charge on any atom is 0.243 e. The van der Waals surface area contributed by atoms with Crippen molar-refractivity contribution in [2.24, 2.45) is 0 Å². The highest BCUT2D eigenvalue weighted by molar-refractivity contribution is 7.89. The highest BCUT2D eigenvalue weighted by Crippen LogP contribution is 2.34. The van der Waals surface area contributed by atoms with E-state index in [0.717, 1.165) is 16.7 Å². The van der Waals surface area contributed by atoms with Crippen LogP contribution in [0.1, 0.15) is 22.7 Å². The number of rotatable bonds is 5. The number of nitrogens with zero attached hydrogens (tertiary/aromatic N) is 2. The number of hydrogen-bond donors (Lipinski definition) is 0. The molecule has 0 spiro atoms. The van der Waals surface area contributed by atoms with Crippen LogP contribution < -0.4 is 0 Å². The summed E-state index contributed by atoms with van der Waals surface area (Å²) in [7, 11) is -3.57. The van der Waals surface area contributed by atoms with Gasteiger partial charge in [-0.15, -0.1) is 11.6 Å². The number of aryl methyl sites for hydroxylation is 1.